The van der Waals surface area contributed by atoms with Crippen molar-refractivity contribution in [3.63, 3.8) is 0 Å². The molecule has 128 valence electrons. The van der Waals surface area contributed by atoms with E-state index in [1.165, 1.54) is 12.3 Å². The first-order valence-electron chi connectivity index (χ1n) is 7.02. The molecule has 25 heavy (non-hydrogen) atoms. The Balaban J connectivity index is 1.99. The summed E-state index contributed by atoms with van der Waals surface area (Å²) in [7, 11) is 0. The molecular formula is C16H13F3N6. The van der Waals surface area contributed by atoms with Gasteiger partial charge in [0.25, 0.3) is 0 Å². The van der Waals surface area contributed by atoms with Crippen molar-refractivity contribution in [2.75, 3.05) is 17.2 Å². The molecule has 0 unspecified atom stereocenters. The molecule has 3 N–H and O–H groups in total. The first-order chi connectivity index (χ1) is 11.9. The molecule has 0 bridgehead atoms. The van der Waals surface area contributed by atoms with E-state index in [1.54, 1.807) is 24.3 Å². The molecule has 0 aliphatic rings. The molecule has 0 aliphatic heterocycles. The second-order valence-electron chi connectivity index (χ2n) is 4.86. The van der Waals surface area contributed by atoms with E-state index in [-0.39, 0.29) is 17.9 Å². The number of nitrogens with zero attached hydrogens (tertiary/aromatic N) is 3. The van der Waals surface area contributed by atoms with Crippen LogP contribution in [0.3, 0.4) is 0 Å². The Morgan fingerprint density at radius 2 is 1.96 bits per heavy atom. The van der Waals surface area contributed by atoms with Crippen LogP contribution in [0.2, 0.25) is 0 Å². The van der Waals surface area contributed by atoms with Crippen molar-refractivity contribution in [1.82, 2.24) is 4.98 Å². The largest absolute Gasteiger partial charge is 0.433 e. The lowest BCUT2D eigenvalue weighted by atomic mass is 10.2. The van der Waals surface area contributed by atoms with E-state index < -0.39 is 11.9 Å². The van der Waals surface area contributed by atoms with E-state index in [2.05, 4.69) is 20.7 Å². The maximum absolute atomic E-state index is 12.6. The summed E-state index contributed by atoms with van der Waals surface area (Å²) in [5.74, 6) is 0. The summed E-state index contributed by atoms with van der Waals surface area (Å²) in [5, 5.41) is 17.7. The summed E-state index contributed by atoms with van der Waals surface area (Å²) in [6.07, 6.45) is -2.01. The second kappa shape index (κ2) is 7.92. The molecular weight excluding hydrogens is 333 g/mol. The number of anilines is 2. The van der Waals surface area contributed by atoms with Gasteiger partial charge in [-0.2, -0.15) is 23.5 Å². The van der Waals surface area contributed by atoms with Crippen LogP contribution in [-0.2, 0) is 6.18 Å². The zero-order chi connectivity index (χ0) is 18.3. The molecule has 0 amide bonds. The highest BCUT2D eigenvalue weighted by Gasteiger charge is 2.32. The minimum atomic E-state index is -4.52. The molecule has 1 heterocycles. The minimum absolute atomic E-state index is 0.0497. The van der Waals surface area contributed by atoms with Crippen molar-refractivity contribution < 1.29 is 13.2 Å². The fraction of sp³-hybridized carbons (Fsp3) is 0.125. The molecule has 0 fully saturated rings. The maximum atomic E-state index is 12.6. The van der Waals surface area contributed by atoms with E-state index in [1.807, 2.05) is 6.07 Å². The number of halogens is 3. The molecule has 1 aromatic carbocycles. The van der Waals surface area contributed by atoms with Crippen molar-refractivity contribution in [3.8, 4) is 6.07 Å². The third kappa shape index (κ3) is 5.31. The van der Waals surface area contributed by atoms with Crippen molar-refractivity contribution in [3.05, 3.63) is 65.7 Å². The number of hydrogen-bond donors (Lipinski definition) is 3. The molecule has 0 atom stereocenters. The van der Waals surface area contributed by atoms with Crippen LogP contribution in [0.4, 0.5) is 24.5 Å². The standard InChI is InChI=1S/C16H13F3N6/c17-16(18,19)15-7-13(5-6-22-15)24-10-14(25-21)9-23-12-3-1-11(8-20)2-4-12/h1-7,9,21,23H,10H2,(H,22,24)/b14-9-,25-21?. The molecule has 0 aliphatic carbocycles. The van der Waals surface area contributed by atoms with Crippen LogP contribution in [0.1, 0.15) is 11.3 Å². The van der Waals surface area contributed by atoms with Crippen LogP contribution in [0.15, 0.2) is 59.6 Å². The zero-order valence-corrected chi connectivity index (χ0v) is 12.8. The van der Waals surface area contributed by atoms with Gasteiger partial charge >= 0.3 is 6.18 Å². The summed E-state index contributed by atoms with van der Waals surface area (Å²) >= 11 is 0. The Hall–Kier alpha value is -3.41. The van der Waals surface area contributed by atoms with Crippen LogP contribution in [-0.4, -0.2) is 11.5 Å². The highest BCUT2D eigenvalue weighted by Crippen LogP contribution is 2.28. The number of alkyl halides is 3. The fourth-order valence-corrected chi connectivity index (χ4v) is 1.82. The molecule has 0 saturated carbocycles. The van der Waals surface area contributed by atoms with Gasteiger partial charge < -0.3 is 10.6 Å². The lowest BCUT2D eigenvalue weighted by molar-refractivity contribution is -0.141. The average Bonchev–Trinajstić information content (AvgIpc) is 2.62. The molecule has 0 spiro atoms. The Labute approximate surface area is 141 Å². The normalized spacial score (nSPS) is 11.5. The summed E-state index contributed by atoms with van der Waals surface area (Å²) in [4.78, 5) is 3.27. The van der Waals surface area contributed by atoms with Gasteiger partial charge in [0.15, 0.2) is 0 Å². The first kappa shape index (κ1) is 17.9. The zero-order valence-electron chi connectivity index (χ0n) is 12.8. The van der Waals surface area contributed by atoms with E-state index >= 15 is 0 Å². The van der Waals surface area contributed by atoms with Crippen molar-refractivity contribution in [2.45, 2.75) is 6.18 Å². The lowest BCUT2D eigenvalue weighted by Gasteiger charge is -2.10. The van der Waals surface area contributed by atoms with Crippen LogP contribution >= 0.6 is 0 Å². The smallest absolute Gasteiger partial charge is 0.379 e. The van der Waals surface area contributed by atoms with E-state index in [0.29, 0.717) is 11.3 Å². The molecule has 9 heteroatoms. The first-order valence-corrected chi connectivity index (χ1v) is 7.02. The molecule has 6 nitrogen and oxygen atoms in total. The SMILES string of the molecule is N#Cc1ccc(N/C=C(/CNc2ccnc(C(F)(F)F)c2)N=N)cc1. The van der Waals surface area contributed by atoms with Gasteiger partial charge in [-0.15, -0.1) is 0 Å². The number of hydrogen-bond acceptors (Lipinski definition) is 6. The molecule has 0 saturated heterocycles. The minimum Gasteiger partial charge on any atom is -0.379 e. The van der Waals surface area contributed by atoms with Crippen LogP contribution < -0.4 is 10.6 Å². The third-order valence-corrected chi connectivity index (χ3v) is 3.09. The summed E-state index contributed by atoms with van der Waals surface area (Å²) in [6, 6.07) is 10.9. The molecule has 2 aromatic rings. The van der Waals surface area contributed by atoms with Gasteiger partial charge in [-0.05, 0) is 36.4 Å². The van der Waals surface area contributed by atoms with Gasteiger partial charge in [0.1, 0.15) is 5.69 Å². The van der Waals surface area contributed by atoms with Crippen molar-refractivity contribution in [1.29, 1.82) is 10.8 Å². The summed E-state index contributed by atoms with van der Waals surface area (Å²) in [6.45, 7) is 0.0497. The highest BCUT2D eigenvalue weighted by atomic mass is 19.4. The predicted octanol–water partition coefficient (Wildman–Crippen LogP) is 4.37. The van der Waals surface area contributed by atoms with E-state index in [0.717, 1.165) is 12.3 Å². The topological polar surface area (TPSA) is 96.9 Å². The van der Waals surface area contributed by atoms with Crippen LogP contribution in [0, 0.1) is 16.9 Å². The van der Waals surface area contributed by atoms with Crippen molar-refractivity contribution in [2.24, 2.45) is 5.11 Å². The monoisotopic (exact) mass is 346 g/mol. The number of rotatable bonds is 6. The van der Waals surface area contributed by atoms with Gasteiger partial charge in [-0.25, -0.2) is 5.53 Å². The third-order valence-electron chi connectivity index (χ3n) is 3.09. The number of nitriles is 1. The van der Waals surface area contributed by atoms with Gasteiger partial charge in [0.05, 0.1) is 23.9 Å². The maximum Gasteiger partial charge on any atom is 0.433 e. The Bertz CT molecular complexity index is 806. The summed E-state index contributed by atoms with van der Waals surface area (Å²) in [5.41, 5.74) is 7.83. The van der Waals surface area contributed by atoms with Gasteiger partial charge in [0.2, 0.25) is 0 Å². The van der Waals surface area contributed by atoms with E-state index in [4.69, 9.17) is 10.8 Å². The molecule has 2 rings (SSSR count). The quantitative estimate of drug-likeness (QED) is 0.677. The van der Waals surface area contributed by atoms with Gasteiger partial charge in [-0.1, -0.05) is 0 Å². The van der Waals surface area contributed by atoms with Gasteiger partial charge in [-0.3, -0.25) is 4.98 Å². The second-order valence-corrected chi connectivity index (χ2v) is 4.86. The number of nitrogens with one attached hydrogen (secondary N) is 3. The van der Waals surface area contributed by atoms with Gasteiger partial charge in [0, 0.05) is 23.8 Å². The molecule has 1 aromatic heterocycles. The van der Waals surface area contributed by atoms with Crippen molar-refractivity contribution >= 4 is 11.4 Å². The predicted molar refractivity (Wildman–Crippen MR) is 85.7 cm³/mol. The number of aromatic nitrogens is 1. The van der Waals surface area contributed by atoms with Crippen LogP contribution in [0.25, 0.3) is 0 Å². The van der Waals surface area contributed by atoms with E-state index in [9.17, 15) is 13.2 Å². The number of pyridine rings is 1. The average molecular weight is 346 g/mol. The fourth-order valence-electron chi connectivity index (χ4n) is 1.82. The summed E-state index contributed by atoms with van der Waals surface area (Å²) < 4.78 is 37.8. The Morgan fingerprint density at radius 1 is 1.24 bits per heavy atom. The Morgan fingerprint density at radius 3 is 2.56 bits per heavy atom. The lowest BCUT2D eigenvalue weighted by Crippen LogP contribution is -2.10. The Kier molecular flexibility index (Phi) is 5.68. The number of benzene rings is 1. The van der Waals surface area contributed by atoms with Crippen LogP contribution in [0.5, 0.6) is 0 Å². The highest BCUT2D eigenvalue weighted by molar-refractivity contribution is 5.50. The molecule has 0 radical (unpaired) electrons.